The number of esters is 1. The van der Waals surface area contributed by atoms with Gasteiger partial charge in [-0.2, -0.15) is 0 Å². The number of carbonyl (C=O) groups excluding carboxylic acids is 1. The Bertz CT molecular complexity index is 780. The van der Waals surface area contributed by atoms with Crippen LogP contribution in [0.15, 0.2) is 29.6 Å². The molecule has 2 rings (SSSR count). The van der Waals surface area contributed by atoms with Crippen LogP contribution in [-0.4, -0.2) is 33.0 Å². The summed E-state index contributed by atoms with van der Waals surface area (Å²) < 4.78 is 17.4. The molecule has 154 valence electrons. The molecule has 2 aromatic rings. The Morgan fingerprint density at radius 2 is 1.86 bits per heavy atom. The van der Waals surface area contributed by atoms with E-state index in [1.54, 1.807) is 5.38 Å². The molecule has 7 heteroatoms. The Balaban J connectivity index is 2.22. The van der Waals surface area contributed by atoms with Gasteiger partial charge in [0.25, 0.3) is 0 Å². The van der Waals surface area contributed by atoms with E-state index in [-0.39, 0.29) is 11.1 Å². The molecule has 1 heterocycles. The minimum absolute atomic E-state index is 0.0520. The van der Waals surface area contributed by atoms with Gasteiger partial charge in [-0.05, 0) is 42.2 Å². The van der Waals surface area contributed by atoms with Crippen molar-refractivity contribution in [2.75, 3.05) is 13.7 Å². The smallest absolute Gasteiger partial charge is 0.357 e. The first kappa shape index (κ1) is 22.6. The van der Waals surface area contributed by atoms with Gasteiger partial charge in [0.05, 0.1) is 7.11 Å². The summed E-state index contributed by atoms with van der Waals surface area (Å²) in [5.41, 5.74) is 1.57. The number of rotatable bonds is 8. The van der Waals surface area contributed by atoms with Gasteiger partial charge in [-0.15, -0.1) is 11.3 Å². The largest absolute Gasteiger partial charge is 0.490 e. The van der Waals surface area contributed by atoms with Crippen molar-refractivity contribution in [2.24, 2.45) is 0 Å². The van der Waals surface area contributed by atoms with E-state index in [0.717, 1.165) is 17.2 Å². The number of carbonyl (C=O) groups is 1. The Kier molecular flexibility index (Phi) is 7.42. The summed E-state index contributed by atoms with van der Waals surface area (Å²) in [6, 6.07) is 8.09. The molecule has 1 unspecified atom stereocenters. The summed E-state index contributed by atoms with van der Waals surface area (Å²) in [4.78, 5) is 16.2. The van der Waals surface area contributed by atoms with Crippen LogP contribution >= 0.6 is 11.3 Å². The average molecular weight is 422 g/mol. The first-order chi connectivity index (χ1) is 13.1. The predicted molar refractivity (Wildman–Crippen MR) is 116 cm³/mol. The molecule has 0 aliphatic heterocycles. The van der Waals surface area contributed by atoms with E-state index in [1.165, 1.54) is 24.0 Å². The van der Waals surface area contributed by atoms with Gasteiger partial charge >= 0.3 is 5.97 Å². The van der Waals surface area contributed by atoms with Crippen LogP contribution in [0.2, 0.25) is 18.1 Å². The van der Waals surface area contributed by atoms with E-state index in [4.69, 9.17) is 13.9 Å². The maximum Gasteiger partial charge on any atom is 0.357 e. The van der Waals surface area contributed by atoms with E-state index >= 15 is 0 Å². The molecule has 28 heavy (non-hydrogen) atoms. The van der Waals surface area contributed by atoms with Gasteiger partial charge in [-0.25, -0.2) is 9.78 Å². The highest BCUT2D eigenvalue weighted by atomic mass is 32.1. The summed E-state index contributed by atoms with van der Waals surface area (Å²) >= 11 is 1.40. The summed E-state index contributed by atoms with van der Waals surface area (Å²) in [6.45, 7) is 13.5. The minimum atomic E-state index is -2.06. The monoisotopic (exact) mass is 421 g/mol. The maximum absolute atomic E-state index is 11.8. The first-order valence-electron chi connectivity index (χ1n) is 9.50. The zero-order valence-corrected chi connectivity index (χ0v) is 19.7. The lowest BCUT2D eigenvalue weighted by molar-refractivity contribution is 0.0593. The van der Waals surface area contributed by atoms with Crippen molar-refractivity contribution < 1.29 is 18.7 Å². The standard InChI is InChI=1S/C21H31NO4SSi/c1-8-15-9-11-16(12-10-15)25-13-18(26-28(6,7)21(2,3)4)19-22-17(14-27-19)20(23)24-5/h9-12,14,18H,8,13H2,1-7H3. The Morgan fingerprint density at radius 3 is 2.39 bits per heavy atom. The summed E-state index contributed by atoms with van der Waals surface area (Å²) in [5, 5.41) is 2.49. The second-order valence-electron chi connectivity index (χ2n) is 8.24. The number of ether oxygens (including phenoxy) is 2. The minimum Gasteiger partial charge on any atom is -0.490 e. The SMILES string of the molecule is CCc1ccc(OCC(O[Si](C)(C)C(C)(C)C)c2nc(C(=O)OC)cs2)cc1. The molecule has 0 amide bonds. The van der Waals surface area contributed by atoms with Crippen LogP contribution < -0.4 is 4.74 Å². The van der Waals surface area contributed by atoms with Crippen molar-refractivity contribution in [1.82, 2.24) is 4.98 Å². The molecule has 1 aromatic heterocycles. The molecule has 1 aromatic carbocycles. The number of thiazole rings is 1. The number of benzene rings is 1. The second-order valence-corrected chi connectivity index (χ2v) is 13.9. The molecule has 5 nitrogen and oxygen atoms in total. The molecule has 0 fully saturated rings. The van der Waals surface area contributed by atoms with Gasteiger partial charge in [-0.1, -0.05) is 39.8 Å². The molecule has 0 N–H and O–H groups in total. The zero-order chi connectivity index (χ0) is 20.9. The predicted octanol–water partition coefficient (Wildman–Crippen LogP) is 5.63. The Hall–Kier alpha value is -1.70. The van der Waals surface area contributed by atoms with Crippen molar-refractivity contribution >= 4 is 25.6 Å². The molecule has 0 bridgehead atoms. The van der Waals surface area contributed by atoms with Gasteiger partial charge in [-0.3, -0.25) is 0 Å². The van der Waals surface area contributed by atoms with E-state index < -0.39 is 14.3 Å². The van der Waals surface area contributed by atoms with Crippen LogP contribution in [-0.2, 0) is 15.6 Å². The quantitative estimate of drug-likeness (QED) is 0.408. The highest BCUT2D eigenvalue weighted by Crippen LogP contribution is 2.40. The molecule has 0 aliphatic carbocycles. The van der Waals surface area contributed by atoms with Gasteiger partial charge in [0.2, 0.25) is 0 Å². The molecule has 0 radical (unpaired) electrons. The van der Waals surface area contributed by atoms with Crippen LogP contribution in [0.25, 0.3) is 0 Å². The van der Waals surface area contributed by atoms with Gasteiger partial charge in [0.15, 0.2) is 14.0 Å². The average Bonchev–Trinajstić information content (AvgIpc) is 3.14. The third-order valence-electron chi connectivity index (χ3n) is 5.17. The van der Waals surface area contributed by atoms with Crippen molar-refractivity contribution in [3.8, 4) is 5.75 Å². The van der Waals surface area contributed by atoms with Gasteiger partial charge in [0.1, 0.15) is 23.5 Å². The van der Waals surface area contributed by atoms with E-state index in [9.17, 15) is 4.79 Å². The highest BCUT2D eigenvalue weighted by Gasteiger charge is 2.40. The van der Waals surface area contributed by atoms with Crippen LogP contribution in [0.3, 0.4) is 0 Å². The van der Waals surface area contributed by atoms with E-state index in [1.807, 2.05) is 12.1 Å². The molecular weight excluding hydrogens is 390 g/mol. The molecule has 0 saturated carbocycles. The fourth-order valence-corrected chi connectivity index (χ4v) is 4.45. The first-order valence-corrected chi connectivity index (χ1v) is 13.3. The van der Waals surface area contributed by atoms with Gasteiger partial charge in [0, 0.05) is 5.38 Å². The number of methoxy groups -OCH3 is 1. The fraction of sp³-hybridized carbons (Fsp3) is 0.524. The Labute approximate surface area is 173 Å². The van der Waals surface area contributed by atoms with Crippen LogP contribution in [0.1, 0.15) is 54.9 Å². The third kappa shape index (κ3) is 5.65. The van der Waals surface area contributed by atoms with E-state index in [2.05, 4.69) is 57.9 Å². The number of aromatic nitrogens is 1. The molecule has 0 spiro atoms. The normalized spacial score (nSPS) is 13.2. The van der Waals surface area contributed by atoms with Crippen molar-refractivity contribution in [2.45, 2.75) is 58.4 Å². The third-order valence-corrected chi connectivity index (χ3v) is 10.6. The summed E-state index contributed by atoms with van der Waals surface area (Å²) in [7, 11) is -0.704. The highest BCUT2D eigenvalue weighted by molar-refractivity contribution is 7.09. The van der Waals surface area contributed by atoms with Crippen molar-refractivity contribution in [3.05, 3.63) is 45.9 Å². The Morgan fingerprint density at radius 1 is 1.21 bits per heavy atom. The van der Waals surface area contributed by atoms with Gasteiger partial charge < -0.3 is 13.9 Å². The number of hydrogen-bond donors (Lipinski definition) is 0. The molecule has 1 atom stereocenters. The molecular formula is C21H31NO4SSi. The molecule has 0 saturated heterocycles. The number of hydrogen-bond acceptors (Lipinski definition) is 6. The van der Waals surface area contributed by atoms with Crippen molar-refractivity contribution in [3.63, 3.8) is 0 Å². The lowest BCUT2D eigenvalue weighted by Crippen LogP contribution is -2.42. The fourth-order valence-electron chi connectivity index (χ4n) is 2.32. The van der Waals surface area contributed by atoms with E-state index in [0.29, 0.717) is 12.3 Å². The zero-order valence-electron chi connectivity index (χ0n) is 17.9. The summed E-state index contributed by atoms with van der Waals surface area (Å²) in [5.74, 6) is 0.357. The van der Waals surface area contributed by atoms with Crippen LogP contribution in [0, 0.1) is 0 Å². The lowest BCUT2D eigenvalue weighted by Gasteiger charge is -2.38. The molecule has 0 aliphatic rings. The number of nitrogens with zero attached hydrogens (tertiary/aromatic N) is 1. The van der Waals surface area contributed by atoms with Crippen molar-refractivity contribution in [1.29, 1.82) is 0 Å². The summed E-state index contributed by atoms with van der Waals surface area (Å²) in [6.07, 6.45) is 0.655. The number of aryl methyl sites for hydroxylation is 1. The van der Waals surface area contributed by atoms with Crippen LogP contribution in [0.4, 0.5) is 0 Å². The maximum atomic E-state index is 11.8. The topological polar surface area (TPSA) is 57.7 Å². The van der Waals surface area contributed by atoms with Crippen LogP contribution in [0.5, 0.6) is 5.75 Å². The lowest BCUT2D eigenvalue weighted by atomic mass is 10.2. The second kappa shape index (κ2) is 9.20.